The Balaban J connectivity index is 1.87. The number of rotatable bonds is 3. The number of benzene rings is 3. The molecule has 1 unspecified atom stereocenters. The van der Waals surface area contributed by atoms with E-state index in [4.69, 9.17) is 0 Å². The molecule has 4 rings (SSSR count). The molecule has 3 aromatic carbocycles. The summed E-state index contributed by atoms with van der Waals surface area (Å²) in [5.74, 6) is -3.29. The number of hydrogen-bond donors (Lipinski definition) is 1. The van der Waals surface area contributed by atoms with Gasteiger partial charge in [-0.05, 0) is 28.7 Å². The Morgan fingerprint density at radius 3 is 2.16 bits per heavy atom. The predicted octanol–water partition coefficient (Wildman–Crippen LogP) is 5.15. The molecular formula is C22H18F2O. The number of fused-ring (bicyclic) bond motifs is 3. The van der Waals surface area contributed by atoms with Gasteiger partial charge in [0.15, 0.2) is 5.60 Å². The van der Waals surface area contributed by atoms with E-state index in [0.717, 1.165) is 18.1 Å². The molecule has 0 radical (unpaired) electrons. The topological polar surface area (TPSA) is 20.2 Å². The standard InChI is InChI=1S/C22H18F2O/c1-21(23,24)22(25)19-10-6-5-9-17(19)18-12-11-16(14-20(18)22)13-15-7-3-2-4-8-15/h2-12,14,25H,13H2,1H3. The summed E-state index contributed by atoms with van der Waals surface area (Å²) in [6, 6.07) is 22.2. The van der Waals surface area contributed by atoms with Crippen molar-refractivity contribution < 1.29 is 13.9 Å². The maximum absolute atomic E-state index is 14.5. The van der Waals surface area contributed by atoms with Gasteiger partial charge < -0.3 is 5.11 Å². The van der Waals surface area contributed by atoms with E-state index in [-0.39, 0.29) is 11.1 Å². The summed E-state index contributed by atoms with van der Waals surface area (Å²) in [6.45, 7) is 0.781. The highest BCUT2D eigenvalue weighted by Gasteiger charge is 2.56. The third kappa shape index (κ3) is 2.38. The molecule has 126 valence electrons. The van der Waals surface area contributed by atoms with E-state index >= 15 is 0 Å². The van der Waals surface area contributed by atoms with Gasteiger partial charge in [-0.15, -0.1) is 0 Å². The second-order valence-electron chi connectivity index (χ2n) is 6.69. The molecule has 3 heteroatoms. The van der Waals surface area contributed by atoms with E-state index in [1.165, 1.54) is 0 Å². The fraction of sp³-hybridized carbons (Fsp3) is 0.182. The third-order valence-corrected chi connectivity index (χ3v) is 4.97. The van der Waals surface area contributed by atoms with Crippen molar-refractivity contribution in [1.82, 2.24) is 0 Å². The van der Waals surface area contributed by atoms with Crippen molar-refractivity contribution in [2.75, 3.05) is 0 Å². The molecule has 0 amide bonds. The van der Waals surface area contributed by atoms with E-state index < -0.39 is 11.5 Å². The zero-order chi connectivity index (χ0) is 17.7. The molecule has 0 aromatic heterocycles. The van der Waals surface area contributed by atoms with Crippen molar-refractivity contribution in [3.8, 4) is 11.1 Å². The second kappa shape index (κ2) is 5.50. The summed E-state index contributed by atoms with van der Waals surface area (Å²) in [5, 5.41) is 11.1. The Morgan fingerprint density at radius 1 is 0.800 bits per heavy atom. The molecule has 25 heavy (non-hydrogen) atoms. The normalized spacial score (nSPS) is 18.7. The molecule has 1 nitrogen and oxygen atoms in total. The van der Waals surface area contributed by atoms with Crippen molar-refractivity contribution in [3.05, 3.63) is 95.1 Å². The zero-order valence-corrected chi connectivity index (χ0v) is 13.8. The van der Waals surface area contributed by atoms with Gasteiger partial charge in [0.2, 0.25) is 0 Å². The van der Waals surface area contributed by atoms with Crippen LogP contribution < -0.4 is 0 Å². The fourth-order valence-electron chi connectivity index (χ4n) is 3.72. The number of halogens is 2. The molecule has 1 aliphatic carbocycles. The van der Waals surface area contributed by atoms with Gasteiger partial charge in [0, 0.05) is 18.1 Å². The van der Waals surface area contributed by atoms with Crippen LogP contribution in [0.15, 0.2) is 72.8 Å². The summed E-state index contributed by atoms with van der Waals surface area (Å²) in [5.41, 5.74) is 1.62. The Hall–Kier alpha value is -2.52. The minimum absolute atomic E-state index is 0.273. The SMILES string of the molecule is CC(F)(F)C1(O)c2ccccc2-c2ccc(Cc3ccccc3)cc21. The molecule has 1 N–H and O–H groups in total. The van der Waals surface area contributed by atoms with Gasteiger partial charge in [-0.25, -0.2) is 8.78 Å². The molecule has 0 saturated carbocycles. The van der Waals surface area contributed by atoms with Crippen LogP contribution in [0, 0.1) is 0 Å². The van der Waals surface area contributed by atoms with E-state index in [0.29, 0.717) is 17.5 Å². The number of alkyl halides is 2. The summed E-state index contributed by atoms with van der Waals surface area (Å²) >= 11 is 0. The lowest BCUT2D eigenvalue weighted by atomic mass is 9.85. The van der Waals surface area contributed by atoms with Crippen LogP contribution in [-0.2, 0) is 12.0 Å². The van der Waals surface area contributed by atoms with Crippen LogP contribution in [0.5, 0.6) is 0 Å². The first-order chi connectivity index (χ1) is 11.9. The van der Waals surface area contributed by atoms with Crippen LogP contribution in [-0.4, -0.2) is 11.0 Å². The first-order valence-electron chi connectivity index (χ1n) is 8.28. The monoisotopic (exact) mass is 336 g/mol. The highest BCUT2D eigenvalue weighted by molar-refractivity contribution is 5.81. The smallest absolute Gasteiger partial charge is 0.281 e. The van der Waals surface area contributed by atoms with Gasteiger partial charge in [-0.3, -0.25) is 0 Å². The maximum Gasteiger partial charge on any atom is 0.281 e. The summed E-state index contributed by atoms with van der Waals surface area (Å²) in [4.78, 5) is 0. The summed E-state index contributed by atoms with van der Waals surface area (Å²) < 4.78 is 29.0. The predicted molar refractivity (Wildman–Crippen MR) is 94.7 cm³/mol. The minimum Gasteiger partial charge on any atom is -0.374 e. The Morgan fingerprint density at radius 2 is 1.44 bits per heavy atom. The van der Waals surface area contributed by atoms with Crippen molar-refractivity contribution in [2.24, 2.45) is 0 Å². The zero-order valence-electron chi connectivity index (χ0n) is 13.8. The molecule has 0 aliphatic heterocycles. The quantitative estimate of drug-likeness (QED) is 0.701. The highest BCUT2D eigenvalue weighted by Crippen LogP contribution is 2.54. The number of aliphatic hydroxyl groups is 1. The number of hydrogen-bond acceptors (Lipinski definition) is 1. The van der Waals surface area contributed by atoms with Gasteiger partial charge in [0.05, 0.1) is 0 Å². The summed E-state index contributed by atoms with van der Waals surface area (Å²) in [6.07, 6.45) is 0.635. The molecule has 0 heterocycles. The highest BCUT2D eigenvalue weighted by atomic mass is 19.3. The van der Waals surface area contributed by atoms with Crippen molar-refractivity contribution in [3.63, 3.8) is 0 Å². The Bertz CT molecular complexity index is 928. The molecule has 0 spiro atoms. The van der Waals surface area contributed by atoms with E-state index in [1.807, 2.05) is 42.5 Å². The first-order valence-corrected chi connectivity index (χ1v) is 8.28. The fourth-order valence-corrected chi connectivity index (χ4v) is 3.72. The lowest BCUT2D eigenvalue weighted by Gasteiger charge is -2.32. The van der Waals surface area contributed by atoms with Crippen LogP contribution >= 0.6 is 0 Å². The van der Waals surface area contributed by atoms with Gasteiger partial charge in [0.25, 0.3) is 5.92 Å². The van der Waals surface area contributed by atoms with Crippen LogP contribution in [0.1, 0.15) is 29.2 Å². The third-order valence-electron chi connectivity index (χ3n) is 4.97. The minimum atomic E-state index is -3.29. The van der Waals surface area contributed by atoms with Crippen molar-refractivity contribution in [1.29, 1.82) is 0 Å². The van der Waals surface area contributed by atoms with Crippen LogP contribution in [0.4, 0.5) is 8.78 Å². The van der Waals surface area contributed by atoms with Gasteiger partial charge in [-0.1, -0.05) is 72.8 Å². The van der Waals surface area contributed by atoms with Crippen LogP contribution in [0.3, 0.4) is 0 Å². The lowest BCUT2D eigenvalue weighted by molar-refractivity contribution is -0.148. The van der Waals surface area contributed by atoms with Crippen molar-refractivity contribution in [2.45, 2.75) is 24.9 Å². The first kappa shape index (κ1) is 16.0. The lowest BCUT2D eigenvalue weighted by Crippen LogP contribution is -2.42. The van der Waals surface area contributed by atoms with Gasteiger partial charge in [0.1, 0.15) is 0 Å². The molecule has 1 aliphatic rings. The van der Waals surface area contributed by atoms with E-state index in [1.54, 1.807) is 30.3 Å². The molecule has 0 saturated heterocycles. The van der Waals surface area contributed by atoms with E-state index in [2.05, 4.69) is 0 Å². The van der Waals surface area contributed by atoms with Gasteiger partial charge in [-0.2, -0.15) is 0 Å². The summed E-state index contributed by atoms with van der Waals surface area (Å²) in [7, 11) is 0. The van der Waals surface area contributed by atoms with Crippen LogP contribution in [0.2, 0.25) is 0 Å². The average Bonchev–Trinajstić information content (AvgIpc) is 2.86. The Kier molecular flexibility index (Phi) is 3.51. The van der Waals surface area contributed by atoms with Crippen LogP contribution in [0.25, 0.3) is 11.1 Å². The largest absolute Gasteiger partial charge is 0.374 e. The molecule has 0 bridgehead atoms. The van der Waals surface area contributed by atoms with E-state index in [9.17, 15) is 13.9 Å². The molecule has 0 fully saturated rings. The Labute approximate surface area is 145 Å². The van der Waals surface area contributed by atoms with Gasteiger partial charge >= 0.3 is 0 Å². The van der Waals surface area contributed by atoms with Crippen molar-refractivity contribution >= 4 is 0 Å². The maximum atomic E-state index is 14.5. The average molecular weight is 336 g/mol. The second-order valence-corrected chi connectivity index (χ2v) is 6.69. The molecule has 3 aromatic rings. The molecular weight excluding hydrogens is 318 g/mol. The molecule has 1 atom stereocenters.